The van der Waals surface area contributed by atoms with E-state index < -0.39 is 5.83 Å². The zero-order valence-corrected chi connectivity index (χ0v) is 6.78. The summed E-state index contributed by atoms with van der Waals surface area (Å²) in [6, 6.07) is 0. The molecule has 1 rings (SSSR count). The second-order valence-corrected chi connectivity index (χ2v) is 2.64. The van der Waals surface area contributed by atoms with Gasteiger partial charge in [-0.15, -0.1) is 0 Å². The first-order chi connectivity index (χ1) is 4.63. The van der Waals surface area contributed by atoms with Gasteiger partial charge in [-0.2, -0.15) is 4.39 Å². The Balaban J connectivity index is 3.34. The van der Waals surface area contributed by atoms with Gasteiger partial charge in [0.05, 0.1) is 5.03 Å². The van der Waals surface area contributed by atoms with E-state index in [9.17, 15) is 4.39 Å². The van der Waals surface area contributed by atoms with E-state index in [0.29, 0.717) is 0 Å². The molecule has 0 aliphatic heterocycles. The quantitative estimate of drug-likeness (QED) is 0.522. The predicted octanol–water partition coefficient (Wildman–Crippen LogP) is 3.42. The zero-order valence-electron chi connectivity index (χ0n) is 4.51. The topological polar surface area (TPSA) is 0 Å². The molecule has 10 heavy (non-hydrogen) atoms. The highest BCUT2D eigenvalue weighted by Gasteiger charge is 2.12. The van der Waals surface area contributed by atoms with Gasteiger partial charge in [-0.1, -0.05) is 34.8 Å². The van der Waals surface area contributed by atoms with Gasteiger partial charge in [0, 0.05) is 0 Å². The van der Waals surface area contributed by atoms with E-state index in [1.54, 1.807) is 0 Å². The SMILES string of the molecule is FC1=C=C=C(Cl)C(Cl)=C1Cl. The van der Waals surface area contributed by atoms with Gasteiger partial charge >= 0.3 is 0 Å². The maximum Gasteiger partial charge on any atom is 0.193 e. The largest absolute Gasteiger partial charge is 0.195 e. The Hall–Kier alpha value is -0.160. The molecule has 0 nitrogen and oxygen atoms in total. The molecule has 1 aliphatic rings. The molecule has 0 atom stereocenters. The third-order valence-electron chi connectivity index (χ3n) is 0.860. The van der Waals surface area contributed by atoms with Crippen LogP contribution in [-0.4, -0.2) is 0 Å². The van der Waals surface area contributed by atoms with E-state index in [1.165, 1.54) is 0 Å². The lowest BCUT2D eigenvalue weighted by Gasteiger charge is -1.98. The first kappa shape index (κ1) is 7.94. The maximum atomic E-state index is 12.4. The molecule has 0 heterocycles. The smallest absolute Gasteiger partial charge is 0.193 e. The lowest BCUT2D eigenvalue weighted by atomic mass is 10.3. The summed E-state index contributed by atoms with van der Waals surface area (Å²) >= 11 is 16.2. The monoisotopic (exact) mass is 196 g/mol. The molecule has 0 N–H and O–H groups in total. The fraction of sp³-hybridized carbons (Fsp3) is 0. The van der Waals surface area contributed by atoms with Crippen molar-refractivity contribution < 1.29 is 4.39 Å². The summed E-state index contributed by atoms with van der Waals surface area (Å²) < 4.78 is 12.4. The van der Waals surface area contributed by atoms with Gasteiger partial charge in [0.1, 0.15) is 10.1 Å². The highest BCUT2D eigenvalue weighted by Crippen LogP contribution is 2.31. The van der Waals surface area contributed by atoms with E-state index in [-0.39, 0.29) is 15.1 Å². The van der Waals surface area contributed by atoms with Crippen LogP contribution in [0.25, 0.3) is 0 Å². The minimum Gasteiger partial charge on any atom is -0.195 e. The van der Waals surface area contributed by atoms with Gasteiger partial charge in [0.15, 0.2) is 5.83 Å². The van der Waals surface area contributed by atoms with Crippen molar-refractivity contribution in [1.82, 2.24) is 0 Å². The lowest BCUT2D eigenvalue weighted by molar-refractivity contribution is 0.663. The van der Waals surface area contributed by atoms with Crippen LogP contribution in [0.3, 0.4) is 0 Å². The van der Waals surface area contributed by atoms with Crippen molar-refractivity contribution >= 4 is 34.8 Å². The van der Waals surface area contributed by atoms with Crippen molar-refractivity contribution in [2.45, 2.75) is 0 Å². The van der Waals surface area contributed by atoms with Gasteiger partial charge in [-0.25, -0.2) is 0 Å². The molecular weight excluding hydrogens is 197 g/mol. The molecule has 0 saturated carbocycles. The van der Waals surface area contributed by atoms with Gasteiger partial charge in [0.2, 0.25) is 0 Å². The summed E-state index contributed by atoms with van der Waals surface area (Å²) in [5.41, 5.74) is 4.33. The second-order valence-electron chi connectivity index (χ2n) is 1.51. The average molecular weight is 197 g/mol. The van der Waals surface area contributed by atoms with Gasteiger partial charge in [-0.3, -0.25) is 0 Å². The predicted molar refractivity (Wildman–Crippen MR) is 39.7 cm³/mol. The number of hydrogen-bond acceptors (Lipinski definition) is 0. The lowest BCUT2D eigenvalue weighted by Crippen LogP contribution is -1.82. The number of halogens is 4. The first-order valence-corrected chi connectivity index (χ1v) is 3.39. The van der Waals surface area contributed by atoms with Crippen LogP contribution in [0.1, 0.15) is 0 Å². The summed E-state index contributed by atoms with van der Waals surface area (Å²) in [4.78, 5) is 0. The Morgan fingerprint density at radius 1 is 1.00 bits per heavy atom. The van der Waals surface area contributed by atoms with Gasteiger partial charge in [0.25, 0.3) is 0 Å². The van der Waals surface area contributed by atoms with Crippen molar-refractivity contribution in [2.75, 3.05) is 0 Å². The molecule has 4 heteroatoms. The third-order valence-corrected chi connectivity index (χ3v) is 2.07. The Labute approximate surface area is 71.9 Å². The van der Waals surface area contributed by atoms with E-state index in [4.69, 9.17) is 34.8 Å². The van der Waals surface area contributed by atoms with Crippen molar-refractivity contribution in [2.24, 2.45) is 0 Å². The van der Waals surface area contributed by atoms with Crippen LogP contribution in [0.15, 0.2) is 32.4 Å². The standard InChI is InChI=1S/C6Cl3F/c7-3-1-2-4(10)6(9)5(3)8. The maximum absolute atomic E-state index is 12.4. The molecule has 0 fully saturated rings. The molecular formula is C6Cl3F. The Morgan fingerprint density at radius 3 is 2.10 bits per heavy atom. The van der Waals surface area contributed by atoms with E-state index >= 15 is 0 Å². The van der Waals surface area contributed by atoms with E-state index in [0.717, 1.165) is 0 Å². The van der Waals surface area contributed by atoms with E-state index in [2.05, 4.69) is 11.5 Å². The van der Waals surface area contributed by atoms with Crippen LogP contribution >= 0.6 is 34.8 Å². The third kappa shape index (κ3) is 1.29. The van der Waals surface area contributed by atoms with E-state index in [1.807, 2.05) is 0 Å². The fourth-order valence-electron chi connectivity index (χ4n) is 0.412. The summed E-state index contributed by atoms with van der Waals surface area (Å²) in [5, 5.41) is -0.168. The number of allylic oxidation sites excluding steroid dienone is 4. The highest BCUT2D eigenvalue weighted by molar-refractivity contribution is 6.48. The Bertz CT molecular complexity index is 271. The second kappa shape index (κ2) is 2.84. The molecule has 0 aromatic heterocycles. The molecule has 0 saturated heterocycles. The summed E-state index contributed by atoms with van der Waals surface area (Å²) in [5.74, 6) is -0.740. The van der Waals surface area contributed by atoms with Crippen molar-refractivity contribution in [3.05, 3.63) is 32.4 Å². The summed E-state index contributed by atoms with van der Waals surface area (Å²) in [6.45, 7) is 0. The van der Waals surface area contributed by atoms with Crippen LogP contribution in [-0.2, 0) is 0 Å². The molecule has 0 spiro atoms. The normalized spacial score (nSPS) is 17.2. The first-order valence-electron chi connectivity index (χ1n) is 2.26. The summed E-state index contributed by atoms with van der Waals surface area (Å²) in [6.07, 6.45) is 0. The molecule has 0 amide bonds. The van der Waals surface area contributed by atoms with Crippen LogP contribution in [0.2, 0.25) is 0 Å². The van der Waals surface area contributed by atoms with Crippen LogP contribution < -0.4 is 0 Å². The molecule has 0 radical (unpaired) electrons. The summed E-state index contributed by atoms with van der Waals surface area (Å²) in [7, 11) is 0. The Morgan fingerprint density at radius 2 is 1.60 bits per heavy atom. The van der Waals surface area contributed by atoms with Gasteiger partial charge in [-0.05, 0) is 11.5 Å². The highest BCUT2D eigenvalue weighted by atomic mass is 35.5. The minimum atomic E-state index is -0.740. The molecule has 1 aliphatic carbocycles. The fourth-order valence-corrected chi connectivity index (χ4v) is 0.874. The van der Waals surface area contributed by atoms with Gasteiger partial charge < -0.3 is 0 Å². The Kier molecular flexibility index (Phi) is 2.25. The number of rotatable bonds is 0. The molecule has 0 aromatic carbocycles. The zero-order chi connectivity index (χ0) is 7.72. The number of hydrogen-bond donors (Lipinski definition) is 0. The van der Waals surface area contributed by atoms with Crippen LogP contribution in [0, 0.1) is 0 Å². The molecule has 52 valence electrons. The molecule has 0 bridgehead atoms. The molecule has 0 aromatic rings. The van der Waals surface area contributed by atoms with Crippen molar-refractivity contribution in [3.8, 4) is 0 Å². The van der Waals surface area contributed by atoms with Crippen molar-refractivity contribution in [1.29, 1.82) is 0 Å². The average Bonchev–Trinajstić information content (AvgIpc) is 1.93. The molecule has 0 unspecified atom stereocenters. The van der Waals surface area contributed by atoms with Crippen LogP contribution in [0.5, 0.6) is 0 Å². The van der Waals surface area contributed by atoms with Crippen molar-refractivity contribution in [3.63, 3.8) is 0 Å². The minimum absolute atomic E-state index is 0.0282. The van der Waals surface area contributed by atoms with Crippen LogP contribution in [0.4, 0.5) is 4.39 Å².